The van der Waals surface area contributed by atoms with Gasteiger partial charge in [-0.15, -0.1) is 0 Å². The Morgan fingerprint density at radius 3 is 1.32 bits per heavy atom. The van der Waals surface area contributed by atoms with Crippen molar-refractivity contribution in [2.24, 2.45) is 0 Å². The molecule has 0 unspecified atom stereocenters. The van der Waals surface area contributed by atoms with E-state index in [0.717, 1.165) is 12.8 Å². The van der Waals surface area contributed by atoms with Gasteiger partial charge in [-0.05, 0) is 6.42 Å². The van der Waals surface area contributed by atoms with Crippen molar-refractivity contribution in [1.82, 2.24) is 0 Å². The van der Waals surface area contributed by atoms with Crippen LogP contribution in [-0.2, 0) is 12.5 Å². The van der Waals surface area contributed by atoms with Crippen molar-refractivity contribution in [3.63, 3.8) is 0 Å². The van der Waals surface area contributed by atoms with Crippen LogP contribution < -0.4 is 18.9 Å². The molecule has 7 heteroatoms. The van der Waals surface area contributed by atoms with Crippen LogP contribution in [0.2, 0.25) is 0 Å². The number of unbranched alkanes of at least 4 members (excludes halogenated alkanes) is 14. The zero-order chi connectivity index (χ0) is 18.3. The SMILES string of the molecule is CCCCCCCCCCCCCCCCCC(=O)O.[H-].[Li+].[O]=[Al][O]O. The molecular weight excluding hydrogens is 330 g/mol. The molecule has 0 spiro atoms. The molecule has 0 heterocycles. The second kappa shape index (κ2) is 28.9. The fourth-order valence-electron chi connectivity index (χ4n) is 2.65. The van der Waals surface area contributed by atoms with Crippen molar-refractivity contribution in [3.8, 4) is 0 Å². The van der Waals surface area contributed by atoms with Crippen LogP contribution in [0.1, 0.15) is 111 Å². The first-order valence-corrected chi connectivity index (χ1v) is 10.6. The Morgan fingerprint density at radius 1 is 0.800 bits per heavy atom. The molecule has 2 N–H and O–H groups in total. The Hall–Kier alpha value is 0.160. The third-order valence-corrected chi connectivity index (χ3v) is 4.12. The number of aliphatic carboxylic acids is 1. The van der Waals surface area contributed by atoms with Crippen LogP contribution in [0, 0.1) is 0 Å². The van der Waals surface area contributed by atoms with Crippen LogP contribution in [0.5, 0.6) is 0 Å². The number of carboxylic acid groups (broad SMARTS) is 1. The van der Waals surface area contributed by atoms with E-state index in [9.17, 15) is 4.79 Å². The molecule has 144 valence electrons. The fraction of sp³-hybridized carbons (Fsp3) is 0.944. The minimum atomic E-state index is -1.41. The molecule has 0 aliphatic rings. The average molecular weight is 368 g/mol. The molecule has 0 saturated heterocycles. The maximum absolute atomic E-state index is 10.3. The summed E-state index contributed by atoms with van der Waals surface area (Å²) in [6.07, 6.45) is 20.2. The Bertz CT molecular complexity index is 274. The summed E-state index contributed by atoms with van der Waals surface area (Å²) in [6, 6.07) is 0. The first-order chi connectivity index (χ1) is 11.7. The van der Waals surface area contributed by atoms with Gasteiger partial charge >= 0.3 is 53.3 Å². The van der Waals surface area contributed by atoms with E-state index >= 15 is 0 Å². The van der Waals surface area contributed by atoms with Gasteiger partial charge in [-0.1, -0.05) is 96.8 Å². The zero-order valence-corrected chi connectivity index (χ0v) is 17.7. The van der Waals surface area contributed by atoms with Gasteiger partial charge in [0.1, 0.15) is 0 Å². The van der Waals surface area contributed by atoms with Gasteiger partial charge in [0.25, 0.3) is 0 Å². The van der Waals surface area contributed by atoms with Crippen LogP contribution in [0.25, 0.3) is 0 Å². The van der Waals surface area contributed by atoms with Gasteiger partial charge in [-0.3, -0.25) is 4.79 Å². The van der Waals surface area contributed by atoms with E-state index in [2.05, 4.69) is 10.9 Å². The summed E-state index contributed by atoms with van der Waals surface area (Å²) in [5, 5.41) is 15.6. The van der Waals surface area contributed by atoms with E-state index < -0.39 is 21.5 Å². The summed E-state index contributed by atoms with van der Waals surface area (Å²) in [4.78, 5) is 10.3. The Labute approximate surface area is 174 Å². The van der Waals surface area contributed by atoms with Crippen molar-refractivity contribution in [3.05, 3.63) is 0 Å². The quantitative estimate of drug-likeness (QED) is 0.178. The summed E-state index contributed by atoms with van der Waals surface area (Å²) in [5.74, 6) is -0.653. The molecule has 0 aromatic rings. The van der Waals surface area contributed by atoms with Crippen molar-refractivity contribution >= 4 is 21.5 Å². The summed E-state index contributed by atoms with van der Waals surface area (Å²) in [6.45, 7) is 2.27. The molecular formula is C18H38AlLiO5. The van der Waals surface area contributed by atoms with Crippen LogP contribution in [-0.4, -0.2) is 31.8 Å². The summed E-state index contributed by atoms with van der Waals surface area (Å²) < 4.78 is 12.0. The molecule has 0 radical (unpaired) electrons. The minimum absolute atomic E-state index is 0. The molecule has 0 amide bonds. The third-order valence-electron chi connectivity index (χ3n) is 4.04. The molecule has 0 bridgehead atoms. The van der Waals surface area contributed by atoms with Gasteiger partial charge < -0.3 is 6.53 Å². The van der Waals surface area contributed by atoms with E-state index in [4.69, 9.17) is 14.2 Å². The standard InChI is InChI=1S/C18H36O2.Al.Li.H2O2.O.H/c1-2-3-4-5-6-7-8-9-10-11-12-13-14-15-16-17-18(19)20;;;1-2;;/h2-17H2,1H3,(H,19,20);;;1-2H;;/q;2*+1;;;-1/p-1. The van der Waals surface area contributed by atoms with Crippen molar-refractivity contribution < 1.29 is 43.2 Å². The van der Waals surface area contributed by atoms with Crippen molar-refractivity contribution in [2.45, 2.75) is 110 Å². The normalized spacial score (nSPS) is 9.36. The molecule has 0 saturated carbocycles. The van der Waals surface area contributed by atoms with Crippen LogP contribution >= 0.6 is 0 Å². The molecule has 0 rings (SSSR count). The van der Waals surface area contributed by atoms with E-state index in [1.807, 2.05) is 0 Å². The predicted molar refractivity (Wildman–Crippen MR) is 98.4 cm³/mol. The molecule has 0 aromatic heterocycles. The molecule has 0 atom stereocenters. The van der Waals surface area contributed by atoms with Crippen LogP contribution in [0.15, 0.2) is 0 Å². The average Bonchev–Trinajstić information content (AvgIpc) is 2.58. The van der Waals surface area contributed by atoms with Gasteiger partial charge in [0.2, 0.25) is 0 Å². The first-order valence-electron chi connectivity index (χ1n) is 9.64. The van der Waals surface area contributed by atoms with E-state index in [1.54, 1.807) is 0 Å². The van der Waals surface area contributed by atoms with E-state index in [1.165, 1.54) is 83.5 Å². The van der Waals surface area contributed by atoms with Gasteiger partial charge in [0, 0.05) is 6.42 Å². The zero-order valence-electron chi connectivity index (χ0n) is 17.5. The maximum atomic E-state index is 10.3. The molecule has 0 aliphatic heterocycles. The van der Waals surface area contributed by atoms with Crippen molar-refractivity contribution in [2.75, 3.05) is 0 Å². The second-order valence-corrected chi connectivity index (χ2v) is 6.70. The molecule has 0 aliphatic carbocycles. The second-order valence-electron chi connectivity index (χ2n) is 6.30. The molecule has 5 nitrogen and oxygen atoms in total. The summed E-state index contributed by atoms with van der Waals surface area (Å²) >= 11 is -1.41. The molecule has 0 fully saturated rings. The van der Waals surface area contributed by atoms with E-state index in [-0.39, 0.29) is 20.3 Å². The number of carbonyl (C=O) groups is 1. The van der Waals surface area contributed by atoms with E-state index in [0.29, 0.717) is 6.42 Å². The number of rotatable bonds is 17. The van der Waals surface area contributed by atoms with Crippen LogP contribution in [0.4, 0.5) is 0 Å². The molecule has 0 aromatic carbocycles. The fourth-order valence-corrected chi connectivity index (χ4v) is 2.65. The summed E-state index contributed by atoms with van der Waals surface area (Å²) in [7, 11) is 0. The van der Waals surface area contributed by atoms with Gasteiger partial charge in [0.05, 0.1) is 0 Å². The molecule has 25 heavy (non-hydrogen) atoms. The number of hydrogen-bond donors (Lipinski definition) is 2. The Balaban J connectivity index is -0.000000363. The third kappa shape index (κ3) is 36.0. The van der Waals surface area contributed by atoms with Crippen LogP contribution in [0.3, 0.4) is 0 Å². The van der Waals surface area contributed by atoms with Crippen molar-refractivity contribution in [1.29, 1.82) is 0 Å². The number of hydrogen-bond acceptors (Lipinski definition) is 4. The monoisotopic (exact) mass is 368 g/mol. The first kappa shape index (κ1) is 29.9. The Kier molecular flexibility index (Phi) is 34.6. The predicted octanol–water partition coefficient (Wildman–Crippen LogP) is 2.89. The van der Waals surface area contributed by atoms with Gasteiger partial charge in [-0.2, -0.15) is 0 Å². The number of carboxylic acids is 1. The Morgan fingerprint density at radius 2 is 1.08 bits per heavy atom. The van der Waals surface area contributed by atoms with Gasteiger partial charge in [-0.25, -0.2) is 0 Å². The summed E-state index contributed by atoms with van der Waals surface area (Å²) in [5.41, 5.74) is 0. The van der Waals surface area contributed by atoms with Gasteiger partial charge in [0.15, 0.2) is 0 Å². The topological polar surface area (TPSA) is 83.8 Å².